The molecule has 3 heterocycles. The monoisotopic (exact) mass is 327 g/mol. The average molecular weight is 327 g/mol. The van der Waals surface area contributed by atoms with E-state index >= 15 is 0 Å². The summed E-state index contributed by atoms with van der Waals surface area (Å²) in [6, 6.07) is 5.63. The van der Waals surface area contributed by atoms with Crippen LogP contribution in [-0.2, 0) is 21.5 Å². The Kier molecular flexibility index (Phi) is 3.80. The zero-order valence-corrected chi connectivity index (χ0v) is 13.3. The van der Waals surface area contributed by atoms with Gasteiger partial charge in [-0.3, -0.25) is 9.48 Å². The molecule has 1 amide bonds. The van der Waals surface area contributed by atoms with Crippen molar-refractivity contribution in [2.45, 2.75) is 25.8 Å². The maximum atomic E-state index is 12.1. The van der Waals surface area contributed by atoms with Gasteiger partial charge in [0.1, 0.15) is 5.65 Å². The van der Waals surface area contributed by atoms with E-state index in [1.807, 2.05) is 28.8 Å². The van der Waals surface area contributed by atoms with Crippen LogP contribution in [0.25, 0.3) is 5.65 Å². The van der Waals surface area contributed by atoms with Crippen molar-refractivity contribution in [1.82, 2.24) is 19.2 Å². The van der Waals surface area contributed by atoms with Gasteiger partial charge >= 0.3 is 5.97 Å². The van der Waals surface area contributed by atoms with Crippen LogP contribution in [0.5, 0.6) is 0 Å². The summed E-state index contributed by atoms with van der Waals surface area (Å²) in [5.41, 5.74) is 0.677. The SMILES string of the molecule is CC(C)(C(=O)O)n1cc(NC(=O)Cc2cn3ccccc3n2)cn1. The number of aromatic nitrogens is 4. The average Bonchev–Trinajstić information content (AvgIpc) is 3.13. The van der Waals surface area contributed by atoms with Gasteiger partial charge in [0.2, 0.25) is 5.91 Å². The van der Waals surface area contributed by atoms with Crippen molar-refractivity contribution in [3.8, 4) is 0 Å². The molecule has 8 nitrogen and oxygen atoms in total. The van der Waals surface area contributed by atoms with Gasteiger partial charge in [-0.1, -0.05) is 6.07 Å². The summed E-state index contributed by atoms with van der Waals surface area (Å²) in [7, 11) is 0. The molecule has 8 heteroatoms. The molecule has 3 rings (SSSR count). The summed E-state index contributed by atoms with van der Waals surface area (Å²) >= 11 is 0. The van der Waals surface area contributed by atoms with Crippen LogP contribution in [0.1, 0.15) is 19.5 Å². The highest BCUT2D eigenvalue weighted by Crippen LogP contribution is 2.17. The Hall–Kier alpha value is -3.16. The number of aliphatic carboxylic acids is 1. The quantitative estimate of drug-likeness (QED) is 0.740. The molecular formula is C16H17N5O3. The number of nitrogens with one attached hydrogen (secondary N) is 1. The number of hydrogen-bond donors (Lipinski definition) is 2. The van der Waals surface area contributed by atoms with Crippen LogP contribution >= 0.6 is 0 Å². The van der Waals surface area contributed by atoms with Crippen LogP contribution in [-0.4, -0.2) is 36.1 Å². The van der Waals surface area contributed by atoms with Gasteiger partial charge in [-0.05, 0) is 26.0 Å². The van der Waals surface area contributed by atoms with E-state index in [0.29, 0.717) is 11.4 Å². The molecular weight excluding hydrogens is 310 g/mol. The van der Waals surface area contributed by atoms with Crippen LogP contribution in [0.4, 0.5) is 5.69 Å². The number of anilines is 1. The third-order valence-electron chi connectivity index (χ3n) is 3.72. The van der Waals surface area contributed by atoms with E-state index in [0.717, 1.165) is 5.65 Å². The van der Waals surface area contributed by atoms with Gasteiger partial charge in [0.05, 0.1) is 24.0 Å². The van der Waals surface area contributed by atoms with Crippen LogP contribution in [0, 0.1) is 0 Å². The lowest BCUT2D eigenvalue weighted by Gasteiger charge is -2.19. The number of nitrogens with zero attached hydrogens (tertiary/aromatic N) is 4. The molecule has 24 heavy (non-hydrogen) atoms. The minimum absolute atomic E-state index is 0.120. The number of carbonyl (C=O) groups is 2. The summed E-state index contributed by atoms with van der Waals surface area (Å²) < 4.78 is 3.14. The lowest BCUT2D eigenvalue weighted by atomic mass is 10.1. The molecule has 2 N–H and O–H groups in total. The molecule has 0 bridgehead atoms. The van der Waals surface area contributed by atoms with Gasteiger partial charge in [0, 0.05) is 18.6 Å². The molecule has 0 atom stereocenters. The Bertz CT molecular complexity index is 876. The molecule has 0 unspecified atom stereocenters. The van der Waals surface area contributed by atoms with Crippen molar-refractivity contribution in [3.63, 3.8) is 0 Å². The molecule has 0 spiro atoms. The molecule has 0 aliphatic heterocycles. The highest BCUT2D eigenvalue weighted by atomic mass is 16.4. The molecule has 0 radical (unpaired) electrons. The van der Waals surface area contributed by atoms with E-state index in [1.54, 1.807) is 6.20 Å². The molecule has 0 saturated heterocycles. The molecule has 0 fully saturated rings. The van der Waals surface area contributed by atoms with E-state index in [-0.39, 0.29) is 12.3 Å². The number of carboxylic acid groups (broad SMARTS) is 1. The zero-order chi connectivity index (χ0) is 17.3. The number of hydrogen-bond acceptors (Lipinski definition) is 4. The molecule has 0 aliphatic rings. The lowest BCUT2D eigenvalue weighted by Crippen LogP contribution is -2.35. The summed E-state index contributed by atoms with van der Waals surface area (Å²) in [4.78, 5) is 27.7. The van der Waals surface area contributed by atoms with Gasteiger partial charge in [-0.25, -0.2) is 9.78 Å². The van der Waals surface area contributed by atoms with E-state index in [1.165, 1.54) is 30.9 Å². The van der Waals surface area contributed by atoms with Gasteiger partial charge in [-0.2, -0.15) is 5.10 Å². The number of imidazole rings is 1. The van der Waals surface area contributed by atoms with Crippen LogP contribution < -0.4 is 5.32 Å². The predicted molar refractivity (Wildman–Crippen MR) is 86.7 cm³/mol. The molecule has 3 aromatic rings. The van der Waals surface area contributed by atoms with Gasteiger partial charge in [0.15, 0.2) is 5.54 Å². The highest BCUT2D eigenvalue weighted by Gasteiger charge is 2.30. The number of fused-ring (bicyclic) bond motifs is 1. The van der Waals surface area contributed by atoms with Crippen LogP contribution in [0.3, 0.4) is 0 Å². The first kappa shape index (κ1) is 15.7. The van der Waals surface area contributed by atoms with Crippen molar-refractivity contribution in [1.29, 1.82) is 0 Å². The standard InChI is InChI=1S/C16H17N5O3/c1-16(2,15(23)24)21-10-12(8-17-21)19-14(22)7-11-9-20-6-4-3-5-13(20)18-11/h3-6,8-10H,7H2,1-2H3,(H,19,22)(H,23,24). The first-order chi connectivity index (χ1) is 11.4. The fourth-order valence-corrected chi connectivity index (χ4v) is 2.23. The largest absolute Gasteiger partial charge is 0.479 e. The lowest BCUT2D eigenvalue weighted by molar-refractivity contribution is -0.146. The van der Waals surface area contributed by atoms with E-state index in [2.05, 4.69) is 15.4 Å². The van der Waals surface area contributed by atoms with E-state index in [4.69, 9.17) is 0 Å². The fraction of sp³-hybridized carbons (Fsp3) is 0.250. The predicted octanol–water partition coefficient (Wildman–Crippen LogP) is 1.53. The number of carboxylic acids is 1. The molecule has 0 saturated carbocycles. The minimum Gasteiger partial charge on any atom is -0.479 e. The Morgan fingerprint density at radius 1 is 1.29 bits per heavy atom. The molecule has 0 aliphatic carbocycles. The summed E-state index contributed by atoms with van der Waals surface area (Å²) in [5.74, 6) is -1.25. The Morgan fingerprint density at radius 3 is 2.79 bits per heavy atom. The van der Waals surface area contributed by atoms with Crippen molar-refractivity contribution in [2.75, 3.05) is 5.32 Å². The number of pyridine rings is 1. The van der Waals surface area contributed by atoms with Gasteiger partial charge in [-0.15, -0.1) is 0 Å². The summed E-state index contributed by atoms with van der Waals surface area (Å²) in [6.07, 6.45) is 6.70. The van der Waals surface area contributed by atoms with E-state index in [9.17, 15) is 14.7 Å². The maximum absolute atomic E-state index is 12.1. The first-order valence-corrected chi connectivity index (χ1v) is 7.37. The number of amides is 1. The van der Waals surface area contributed by atoms with Gasteiger partial charge < -0.3 is 14.8 Å². The molecule has 3 aromatic heterocycles. The summed E-state index contributed by atoms with van der Waals surface area (Å²) in [5, 5.41) is 15.9. The Labute approximate surface area is 137 Å². The van der Waals surface area contributed by atoms with Crippen LogP contribution in [0.15, 0.2) is 43.0 Å². The number of rotatable bonds is 5. The van der Waals surface area contributed by atoms with Gasteiger partial charge in [0.25, 0.3) is 0 Å². The third-order valence-corrected chi connectivity index (χ3v) is 3.72. The minimum atomic E-state index is -1.19. The topological polar surface area (TPSA) is 102 Å². The zero-order valence-electron chi connectivity index (χ0n) is 13.3. The fourth-order valence-electron chi connectivity index (χ4n) is 2.23. The highest BCUT2D eigenvalue weighted by molar-refractivity contribution is 5.91. The molecule has 124 valence electrons. The van der Waals surface area contributed by atoms with E-state index < -0.39 is 11.5 Å². The Balaban J connectivity index is 1.69. The van der Waals surface area contributed by atoms with Crippen molar-refractivity contribution in [3.05, 3.63) is 48.7 Å². The van der Waals surface area contributed by atoms with Crippen molar-refractivity contribution in [2.24, 2.45) is 0 Å². The Morgan fingerprint density at radius 2 is 2.08 bits per heavy atom. The smallest absolute Gasteiger partial charge is 0.331 e. The second-order valence-electron chi connectivity index (χ2n) is 5.96. The normalized spacial score (nSPS) is 11.6. The van der Waals surface area contributed by atoms with Crippen molar-refractivity contribution >= 4 is 23.2 Å². The second kappa shape index (κ2) is 5.80. The third kappa shape index (κ3) is 2.98. The van der Waals surface area contributed by atoms with Crippen LogP contribution in [0.2, 0.25) is 0 Å². The molecule has 0 aromatic carbocycles. The summed E-state index contributed by atoms with van der Waals surface area (Å²) in [6.45, 7) is 3.06. The first-order valence-electron chi connectivity index (χ1n) is 7.37. The van der Waals surface area contributed by atoms with Crippen molar-refractivity contribution < 1.29 is 14.7 Å². The number of carbonyl (C=O) groups excluding carboxylic acids is 1. The maximum Gasteiger partial charge on any atom is 0.331 e. The second-order valence-corrected chi connectivity index (χ2v) is 5.96.